The number of hydrogen-bond donors (Lipinski definition) is 1. The van der Waals surface area contributed by atoms with Crippen molar-refractivity contribution in [3.8, 4) is 17.1 Å². The molecule has 1 aromatic heterocycles. The number of aromatic nitrogens is 2. The van der Waals surface area contributed by atoms with E-state index in [4.69, 9.17) is 9.47 Å². The Balaban J connectivity index is 2.06. The van der Waals surface area contributed by atoms with Crippen LogP contribution in [0.1, 0.15) is 78.7 Å². The Labute approximate surface area is 186 Å². The zero-order valence-electron chi connectivity index (χ0n) is 19.6. The molecule has 1 aromatic carbocycles. The van der Waals surface area contributed by atoms with E-state index in [1.54, 1.807) is 0 Å². The summed E-state index contributed by atoms with van der Waals surface area (Å²) in [6.45, 7) is 10.7. The summed E-state index contributed by atoms with van der Waals surface area (Å²) < 4.78 is 11.1. The van der Waals surface area contributed by atoms with E-state index >= 15 is 0 Å². The lowest BCUT2D eigenvalue weighted by atomic mass is 9.92. The molecule has 1 atom stereocenters. The second-order valence-electron chi connectivity index (χ2n) is 8.33. The van der Waals surface area contributed by atoms with Gasteiger partial charge in [0.15, 0.2) is 0 Å². The molecule has 2 rings (SSSR count). The van der Waals surface area contributed by atoms with Crippen LogP contribution in [0, 0.1) is 0 Å². The molecular weight excluding hydrogens is 390 g/mol. The van der Waals surface area contributed by atoms with Crippen molar-refractivity contribution in [3.63, 3.8) is 0 Å². The second-order valence-corrected chi connectivity index (χ2v) is 8.33. The van der Waals surface area contributed by atoms with Crippen molar-refractivity contribution in [2.45, 2.75) is 84.8 Å². The quantitative estimate of drug-likeness (QED) is 0.405. The zero-order valence-corrected chi connectivity index (χ0v) is 19.6. The lowest BCUT2D eigenvalue weighted by molar-refractivity contribution is 0.0786. The van der Waals surface area contributed by atoms with E-state index in [0.717, 1.165) is 55.3 Å². The second kappa shape index (κ2) is 12.3. The van der Waals surface area contributed by atoms with Crippen LogP contribution in [-0.4, -0.2) is 29.0 Å². The maximum absolute atomic E-state index is 12.6. The SMILES string of the molecule is CCCCCC(CCC)OC(=O)NC(C)(C)c1cccc(-c2ccc(OCC)nn2)c1. The molecule has 0 saturated carbocycles. The number of rotatable bonds is 12. The number of amides is 1. The first-order valence-corrected chi connectivity index (χ1v) is 11.5. The molecule has 0 aliphatic rings. The standard InChI is InChI=1S/C25H37N3O3/c1-6-9-10-15-21(12-7-2)31-24(29)26-25(4,5)20-14-11-13-19(18-20)22-16-17-23(28-27-22)30-8-3/h11,13-14,16-18,21H,6-10,12,15H2,1-5H3,(H,26,29). The summed E-state index contributed by atoms with van der Waals surface area (Å²) in [5, 5.41) is 11.4. The lowest BCUT2D eigenvalue weighted by Crippen LogP contribution is -2.42. The Hall–Kier alpha value is -2.63. The first kappa shape index (κ1) is 24.6. The average molecular weight is 428 g/mol. The third-order valence-electron chi connectivity index (χ3n) is 5.24. The number of carbonyl (C=O) groups is 1. The van der Waals surface area contributed by atoms with E-state index < -0.39 is 5.54 Å². The largest absolute Gasteiger partial charge is 0.477 e. The molecule has 1 unspecified atom stereocenters. The van der Waals surface area contributed by atoms with Crippen LogP contribution in [0.5, 0.6) is 5.88 Å². The molecule has 0 spiro atoms. The Morgan fingerprint density at radius 1 is 1.03 bits per heavy atom. The van der Waals surface area contributed by atoms with Gasteiger partial charge in [-0.15, -0.1) is 10.2 Å². The molecule has 0 fully saturated rings. The molecule has 170 valence electrons. The topological polar surface area (TPSA) is 73.3 Å². The molecule has 6 heteroatoms. The van der Waals surface area contributed by atoms with E-state index in [-0.39, 0.29) is 12.2 Å². The van der Waals surface area contributed by atoms with Gasteiger partial charge in [-0.25, -0.2) is 4.79 Å². The average Bonchev–Trinajstić information content (AvgIpc) is 2.74. The molecule has 0 aliphatic carbocycles. The van der Waals surface area contributed by atoms with Crippen LogP contribution in [0.15, 0.2) is 36.4 Å². The van der Waals surface area contributed by atoms with Crippen LogP contribution >= 0.6 is 0 Å². The molecule has 0 aliphatic heterocycles. The number of unbranched alkanes of at least 4 members (excludes halogenated alkanes) is 2. The van der Waals surface area contributed by atoms with Gasteiger partial charge >= 0.3 is 6.09 Å². The molecule has 1 N–H and O–H groups in total. The van der Waals surface area contributed by atoms with E-state index in [2.05, 4.69) is 29.4 Å². The van der Waals surface area contributed by atoms with E-state index in [0.29, 0.717) is 12.5 Å². The first-order valence-electron chi connectivity index (χ1n) is 11.5. The normalized spacial score (nSPS) is 12.3. The minimum atomic E-state index is -0.591. The summed E-state index contributed by atoms with van der Waals surface area (Å²) in [6.07, 6.45) is 5.82. The Kier molecular flexibility index (Phi) is 9.76. The molecule has 2 aromatic rings. The zero-order chi connectivity index (χ0) is 22.7. The molecule has 31 heavy (non-hydrogen) atoms. The fraction of sp³-hybridized carbons (Fsp3) is 0.560. The number of benzene rings is 1. The monoisotopic (exact) mass is 427 g/mol. The van der Waals surface area contributed by atoms with Gasteiger partial charge in [0.2, 0.25) is 5.88 Å². The summed E-state index contributed by atoms with van der Waals surface area (Å²) in [5.74, 6) is 0.507. The third kappa shape index (κ3) is 7.85. The summed E-state index contributed by atoms with van der Waals surface area (Å²) in [7, 11) is 0. The maximum Gasteiger partial charge on any atom is 0.408 e. The van der Waals surface area contributed by atoms with Gasteiger partial charge in [-0.3, -0.25) is 0 Å². The van der Waals surface area contributed by atoms with E-state index in [1.807, 2.05) is 57.2 Å². The van der Waals surface area contributed by atoms with Crippen LogP contribution in [0.4, 0.5) is 4.79 Å². The van der Waals surface area contributed by atoms with Gasteiger partial charge in [0.25, 0.3) is 0 Å². The third-order valence-corrected chi connectivity index (χ3v) is 5.24. The van der Waals surface area contributed by atoms with Gasteiger partial charge in [0.05, 0.1) is 17.8 Å². The molecule has 6 nitrogen and oxygen atoms in total. The van der Waals surface area contributed by atoms with Crippen LogP contribution in [-0.2, 0) is 10.3 Å². The number of nitrogens with zero attached hydrogens (tertiary/aromatic N) is 2. The minimum absolute atomic E-state index is 0.0298. The van der Waals surface area contributed by atoms with Crippen LogP contribution in [0.3, 0.4) is 0 Å². The van der Waals surface area contributed by atoms with Gasteiger partial charge in [-0.05, 0) is 57.7 Å². The summed E-state index contributed by atoms with van der Waals surface area (Å²) in [6, 6.07) is 11.7. The van der Waals surface area contributed by atoms with E-state index in [9.17, 15) is 4.79 Å². The van der Waals surface area contributed by atoms with Crippen molar-refractivity contribution < 1.29 is 14.3 Å². The van der Waals surface area contributed by atoms with Crippen molar-refractivity contribution in [2.75, 3.05) is 6.61 Å². The molecule has 1 amide bonds. The van der Waals surface area contributed by atoms with Gasteiger partial charge in [-0.2, -0.15) is 0 Å². The molecule has 0 radical (unpaired) electrons. The van der Waals surface area contributed by atoms with Crippen molar-refractivity contribution >= 4 is 6.09 Å². The molecule has 0 bridgehead atoms. The fourth-order valence-electron chi connectivity index (χ4n) is 3.48. The summed E-state index contributed by atoms with van der Waals surface area (Å²) in [5.41, 5.74) is 2.06. The molecule has 0 saturated heterocycles. The Morgan fingerprint density at radius 3 is 2.48 bits per heavy atom. The lowest BCUT2D eigenvalue weighted by Gasteiger charge is -2.28. The highest BCUT2D eigenvalue weighted by Gasteiger charge is 2.25. The number of nitrogens with one attached hydrogen (secondary N) is 1. The number of ether oxygens (including phenoxy) is 2. The van der Waals surface area contributed by atoms with Gasteiger partial charge < -0.3 is 14.8 Å². The highest BCUT2D eigenvalue weighted by molar-refractivity contribution is 5.69. The first-order chi connectivity index (χ1) is 14.9. The summed E-state index contributed by atoms with van der Waals surface area (Å²) >= 11 is 0. The van der Waals surface area contributed by atoms with Gasteiger partial charge in [0, 0.05) is 11.6 Å². The maximum atomic E-state index is 12.6. The fourth-order valence-corrected chi connectivity index (χ4v) is 3.48. The van der Waals surface area contributed by atoms with Crippen LogP contribution in [0.2, 0.25) is 0 Å². The van der Waals surface area contributed by atoms with Crippen molar-refractivity contribution in [2.24, 2.45) is 0 Å². The van der Waals surface area contributed by atoms with Gasteiger partial charge in [0.1, 0.15) is 6.10 Å². The summed E-state index contributed by atoms with van der Waals surface area (Å²) in [4.78, 5) is 12.6. The number of carbonyl (C=O) groups excluding carboxylic acids is 1. The predicted octanol–water partition coefficient (Wildman–Crippen LogP) is 6.25. The highest BCUT2D eigenvalue weighted by Crippen LogP contribution is 2.26. The predicted molar refractivity (Wildman–Crippen MR) is 124 cm³/mol. The van der Waals surface area contributed by atoms with Crippen LogP contribution in [0.25, 0.3) is 11.3 Å². The minimum Gasteiger partial charge on any atom is -0.477 e. The molecule has 1 heterocycles. The van der Waals surface area contributed by atoms with E-state index in [1.165, 1.54) is 0 Å². The van der Waals surface area contributed by atoms with Crippen LogP contribution < -0.4 is 10.1 Å². The number of alkyl carbamates (subject to hydrolysis) is 1. The Bertz CT molecular complexity index is 806. The number of hydrogen-bond acceptors (Lipinski definition) is 5. The van der Waals surface area contributed by atoms with Crippen molar-refractivity contribution in [3.05, 3.63) is 42.0 Å². The molecular formula is C25H37N3O3. The smallest absolute Gasteiger partial charge is 0.408 e. The van der Waals surface area contributed by atoms with Gasteiger partial charge in [-0.1, -0.05) is 51.3 Å². The highest BCUT2D eigenvalue weighted by atomic mass is 16.6. The van der Waals surface area contributed by atoms with Crippen molar-refractivity contribution in [1.29, 1.82) is 0 Å². The van der Waals surface area contributed by atoms with Crippen molar-refractivity contribution in [1.82, 2.24) is 15.5 Å². The Morgan fingerprint density at radius 2 is 1.84 bits per heavy atom.